The summed E-state index contributed by atoms with van der Waals surface area (Å²) in [6.07, 6.45) is 0. The molecular weight excluding hydrogens is 334 g/mol. The number of anilines is 2. The molecule has 0 spiro atoms. The molecule has 0 heterocycles. The second kappa shape index (κ2) is 6.58. The Bertz CT molecular complexity index is 642. The van der Waals surface area contributed by atoms with E-state index in [4.69, 9.17) is 0 Å². The highest BCUT2D eigenvalue weighted by molar-refractivity contribution is 9.10. The summed E-state index contributed by atoms with van der Waals surface area (Å²) in [6.45, 7) is 0.657. The minimum atomic E-state index is -0.408. The number of rotatable bonds is 5. The van der Waals surface area contributed by atoms with E-state index in [0.717, 1.165) is 16.9 Å². The van der Waals surface area contributed by atoms with Crippen LogP contribution in [0, 0.1) is 10.1 Å². The Morgan fingerprint density at radius 3 is 2.38 bits per heavy atom. The Labute approximate surface area is 131 Å². The average Bonchev–Trinajstić information content (AvgIpc) is 2.46. The van der Waals surface area contributed by atoms with Gasteiger partial charge in [0.25, 0.3) is 5.69 Å². The molecular formula is C15H16BrN3O2. The molecule has 0 aliphatic heterocycles. The molecule has 0 amide bonds. The zero-order valence-corrected chi connectivity index (χ0v) is 13.4. The van der Waals surface area contributed by atoms with E-state index in [2.05, 4.69) is 45.5 Å². The van der Waals surface area contributed by atoms with E-state index in [-0.39, 0.29) is 5.69 Å². The van der Waals surface area contributed by atoms with Crippen molar-refractivity contribution >= 4 is 33.0 Å². The van der Waals surface area contributed by atoms with Crippen molar-refractivity contribution in [3.05, 3.63) is 62.6 Å². The number of nitro groups is 1. The van der Waals surface area contributed by atoms with Gasteiger partial charge in [0, 0.05) is 48.6 Å². The van der Waals surface area contributed by atoms with E-state index >= 15 is 0 Å². The third-order valence-electron chi connectivity index (χ3n) is 3.10. The van der Waals surface area contributed by atoms with E-state index in [1.807, 2.05) is 19.0 Å². The fourth-order valence-corrected chi connectivity index (χ4v) is 2.38. The Balaban J connectivity index is 2.04. The van der Waals surface area contributed by atoms with Gasteiger partial charge < -0.3 is 10.2 Å². The third kappa shape index (κ3) is 3.95. The molecule has 0 aliphatic carbocycles. The van der Waals surface area contributed by atoms with Crippen molar-refractivity contribution in [2.75, 3.05) is 24.3 Å². The molecule has 0 radical (unpaired) electrons. The van der Waals surface area contributed by atoms with Gasteiger partial charge in [-0.1, -0.05) is 12.1 Å². The molecule has 1 N–H and O–H groups in total. The predicted octanol–water partition coefficient (Wildman–Crippen LogP) is 4.04. The minimum Gasteiger partial charge on any atom is -0.380 e. The van der Waals surface area contributed by atoms with Gasteiger partial charge in [0.15, 0.2) is 0 Å². The maximum Gasteiger partial charge on any atom is 0.270 e. The quantitative estimate of drug-likeness (QED) is 0.653. The number of benzene rings is 2. The first-order valence-electron chi connectivity index (χ1n) is 6.41. The largest absolute Gasteiger partial charge is 0.380 e. The maximum absolute atomic E-state index is 10.7. The minimum absolute atomic E-state index is 0.0720. The molecule has 0 bridgehead atoms. The molecule has 0 fully saturated rings. The first kappa shape index (κ1) is 15.3. The van der Waals surface area contributed by atoms with Crippen LogP contribution in [0.3, 0.4) is 0 Å². The lowest BCUT2D eigenvalue weighted by Gasteiger charge is -2.13. The number of hydrogen-bond donors (Lipinski definition) is 1. The third-order valence-corrected chi connectivity index (χ3v) is 3.76. The second-order valence-electron chi connectivity index (χ2n) is 4.84. The van der Waals surface area contributed by atoms with Crippen LogP contribution in [0.1, 0.15) is 5.56 Å². The fraction of sp³-hybridized carbons (Fsp3) is 0.200. The van der Waals surface area contributed by atoms with E-state index < -0.39 is 4.92 Å². The number of non-ortho nitro benzene ring substituents is 1. The van der Waals surface area contributed by atoms with E-state index in [0.29, 0.717) is 11.0 Å². The number of hydrogen-bond acceptors (Lipinski definition) is 4. The van der Waals surface area contributed by atoms with Gasteiger partial charge in [-0.3, -0.25) is 10.1 Å². The summed E-state index contributed by atoms with van der Waals surface area (Å²) in [5.41, 5.74) is 3.20. The van der Waals surface area contributed by atoms with Crippen LogP contribution in [0.25, 0.3) is 0 Å². The lowest BCUT2D eigenvalue weighted by molar-refractivity contribution is -0.384. The molecule has 0 aliphatic rings. The fourth-order valence-electron chi connectivity index (χ4n) is 1.87. The van der Waals surface area contributed by atoms with E-state index in [1.54, 1.807) is 6.07 Å². The highest BCUT2D eigenvalue weighted by Gasteiger charge is 2.08. The summed E-state index contributed by atoms with van der Waals surface area (Å²) in [7, 11) is 4.00. The van der Waals surface area contributed by atoms with Crippen LogP contribution in [0.5, 0.6) is 0 Å². The van der Waals surface area contributed by atoms with Crippen molar-refractivity contribution in [2.24, 2.45) is 0 Å². The molecule has 2 aromatic rings. The SMILES string of the molecule is CN(C)c1ccc(CNc2ccc([N+](=O)[O-])cc2Br)cc1. The van der Waals surface area contributed by atoms with E-state index in [1.165, 1.54) is 12.1 Å². The van der Waals surface area contributed by atoms with Crippen LogP contribution in [0.15, 0.2) is 46.9 Å². The van der Waals surface area contributed by atoms with E-state index in [9.17, 15) is 10.1 Å². The molecule has 110 valence electrons. The van der Waals surface area contributed by atoms with Gasteiger partial charge in [-0.15, -0.1) is 0 Å². The molecule has 0 atom stereocenters. The number of nitrogens with one attached hydrogen (secondary N) is 1. The van der Waals surface area contributed by atoms with Gasteiger partial charge in [0.2, 0.25) is 0 Å². The molecule has 21 heavy (non-hydrogen) atoms. The standard InChI is InChI=1S/C15H16BrN3O2/c1-18(2)12-5-3-11(4-6-12)10-17-15-8-7-13(19(20)21)9-14(15)16/h3-9,17H,10H2,1-2H3. The first-order chi connectivity index (χ1) is 9.97. The van der Waals surface area contributed by atoms with Gasteiger partial charge in [0.05, 0.1) is 4.92 Å². The number of nitrogens with zero attached hydrogens (tertiary/aromatic N) is 2. The van der Waals surface area contributed by atoms with Crippen LogP contribution in [-0.2, 0) is 6.54 Å². The van der Waals surface area contributed by atoms with Crippen LogP contribution in [0.4, 0.5) is 17.1 Å². The second-order valence-corrected chi connectivity index (χ2v) is 5.69. The topological polar surface area (TPSA) is 58.4 Å². The smallest absolute Gasteiger partial charge is 0.270 e. The van der Waals surface area contributed by atoms with Crippen molar-refractivity contribution in [2.45, 2.75) is 6.54 Å². The molecule has 0 saturated carbocycles. The summed E-state index contributed by atoms with van der Waals surface area (Å²) in [5, 5.41) is 14.0. The molecule has 0 aromatic heterocycles. The molecule has 2 aromatic carbocycles. The monoisotopic (exact) mass is 349 g/mol. The van der Waals surface area contributed by atoms with Crippen LogP contribution in [-0.4, -0.2) is 19.0 Å². The summed E-state index contributed by atoms with van der Waals surface area (Å²) < 4.78 is 0.682. The van der Waals surface area contributed by atoms with Crippen LogP contribution < -0.4 is 10.2 Å². The van der Waals surface area contributed by atoms with Gasteiger partial charge in [0.1, 0.15) is 0 Å². The summed E-state index contributed by atoms with van der Waals surface area (Å²) in [6, 6.07) is 12.9. The average molecular weight is 350 g/mol. The maximum atomic E-state index is 10.7. The van der Waals surface area contributed by atoms with Crippen molar-refractivity contribution in [3.8, 4) is 0 Å². The highest BCUT2D eigenvalue weighted by atomic mass is 79.9. The van der Waals surface area contributed by atoms with Gasteiger partial charge in [-0.05, 0) is 39.7 Å². The Morgan fingerprint density at radius 2 is 1.86 bits per heavy atom. The Kier molecular flexibility index (Phi) is 4.80. The van der Waals surface area contributed by atoms with Gasteiger partial charge >= 0.3 is 0 Å². The molecule has 0 saturated heterocycles. The Morgan fingerprint density at radius 1 is 1.19 bits per heavy atom. The van der Waals surface area contributed by atoms with Crippen molar-refractivity contribution in [3.63, 3.8) is 0 Å². The van der Waals surface area contributed by atoms with Crippen LogP contribution in [0.2, 0.25) is 0 Å². The number of halogens is 1. The van der Waals surface area contributed by atoms with Crippen molar-refractivity contribution < 1.29 is 4.92 Å². The zero-order chi connectivity index (χ0) is 15.4. The number of nitro benzene ring substituents is 1. The lowest BCUT2D eigenvalue weighted by atomic mass is 10.2. The lowest BCUT2D eigenvalue weighted by Crippen LogP contribution is -2.08. The van der Waals surface area contributed by atoms with Crippen molar-refractivity contribution in [1.29, 1.82) is 0 Å². The summed E-state index contributed by atoms with van der Waals surface area (Å²) >= 11 is 3.35. The van der Waals surface area contributed by atoms with Crippen LogP contribution >= 0.6 is 15.9 Å². The highest BCUT2D eigenvalue weighted by Crippen LogP contribution is 2.27. The van der Waals surface area contributed by atoms with Crippen molar-refractivity contribution in [1.82, 2.24) is 0 Å². The molecule has 6 heteroatoms. The molecule has 2 rings (SSSR count). The molecule has 0 unspecified atom stereocenters. The Hall–Kier alpha value is -2.08. The summed E-state index contributed by atoms with van der Waals surface area (Å²) in [4.78, 5) is 12.3. The normalized spacial score (nSPS) is 10.2. The van der Waals surface area contributed by atoms with Gasteiger partial charge in [-0.25, -0.2) is 0 Å². The molecule has 5 nitrogen and oxygen atoms in total. The zero-order valence-electron chi connectivity index (χ0n) is 11.8. The first-order valence-corrected chi connectivity index (χ1v) is 7.21. The summed E-state index contributed by atoms with van der Waals surface area (Å²) in [5.74, 6) is 0. The van der Waals surface area contributed by atoms with Gasteiger partial charge in [-0.2, -0.15) is 0 Å². The predicted molar refractivity (Wildman–Crippen MR) is 88.9 cm³/mol.